The van der Waals surface area contributed by atoms with E-state index in [1.165, 1.54) is 11.3 Å². The summed E-state index contributed by atoms with van der Waals surface area (Å²) in [6.07, 6.45) is 4.56. The Bertz CT molecular complexity index is 961. The molecule has 0 radical (unpaired) electrons. The highest BCUT2D eigenvalue weighted by atomic mass is 32.2. The van der Waals surface area contributed by atoms with Gasteiger partial charge in [0.2, 0.25) is 15.9 Å². The quantitative estimate of drug-likeness (QED) is 0.685. The molecule has 0 bridgehead atoms. The Balaban J connectivity index is 1.75. The predicted octanol–water partition coefficient (Wildman–Crippen LogP) is 3.99. The van der Waals surface area contributed by atoms with E-state index in [9.17, 15) is 13.2 Å². The molecule has 1 aromatic heterocycles. The molecule has 160 valence electrons. The average Bonchev–Trinajstić information content (AvgIpc) is 3.01. The van der Waals surface area contributed by atoms with Crippen LogP contribution in [-0.4, -0.2) is 31.4 Å². The Morgan fingerprint density at radius 2 is 1.93 bits per heavy atom. The van der Waals surface area contributed by atoms with Gasteiger partial charge in [-0.1, -0.05) is 20.8 Å². The highest BCUT2D eigenvalue weighted by molar-refractivity contribution is 7.89. The molecule has 6 nitrogen and oxygen atoms in total. The van der Waals surface area contributed by atoms with Crippen molar-refractivity contribution in [2.24, 2.45) is 11.8 Å². The normalized spacial score (nSPS) is 21.4. The summed E-state index contributed by atoms with van der Waals surface area (Å²) in [6, 6.07) is 4.26. The zero-order chi connectivity index (χ0) is 21.2. The van der Waals surface area contributed by atoms with Crippen molar-refractivity contribution in [1.29, 1.82) is 0 Å². The van der Waals surface area contributed by atoms with Crippen molar-refractivity contribution in [3.63, 3.8) is 0 Å². The first kappa shape index (κ1) is 22.2. The number of sulfonamides is 1. The molecule has 1 aliphatic carbocycles. The summed E-state index contributed by atoms with van der Waals surface area (Å²) in [7, 11) is -3.81. The Labute approximate surface area is 177 Å². The molecule has 3 rings (SSSR count). The summed E-state index contributed by atoms with van der Waals surface area (Å²) in [4.78, 5) is 17.4. The fourth-order valence-corrected chi connectivity index (χ4v) is 6.00. The molecule has 0 unspecified atom stereocenters. The minimum atomic E-state index is -3.81. The molecular weight excluding hydrogens is 406 g/mol. The van der Waals surface area contributed by atoms with E-state index in [-0.39, 0.29) is 22.8 Å². The van der Waals surface area contributed by atoms with E-state index in [0.717, 1.165) is 40.9 Å². The SMILES string of the molecule is Cc1nc2ccc(S(=O)(=O)N[C@H](CC(C)C)C(=O)NC3CCC(C)CC3)cc2s1. The monoisotopic (exact) mass is 437 g/mol. The molecule has 1 atom stereocenters. The second-order valence-electron chi connectivity index (χ2n) is 8.63. The van der Waals surface area contributed by atoms with Gasteiger partial charge >= 0.3 is 0 Å². The Kier molecular flexibility index (Phi) is 6.96. The number of aromatic nitrogens is 1. The van der Waals surface area contributed by atoms with Crippen molar-refractivity contribution in [3.8, 4) is 0 Å². The molecule has 1 aromatic carbocycles. The van der Waals surface area contributed by atoms with Gasteiger partial charge in [0.15, 0.2) is 0 Å². The van der Waals surface area contributed by atoms with Crippen LogP contribution in [-0.2, 0) is 14.8 Å². The van der Waals surface area contributed by atoms with E-state index in [4.69, 9.17) is 0 Å². The molecule has 0 spiro atoms. The first-order valence-corrected chi connectivity index (χ1v) is 12.6. The molecular formula is C21H31N3O3S2. The van der Waals surface area contributed by atoms with Gasteiger partial charge in [0.25, 0.3) is 0 Å². The largest absolute Gasteiger partial charge is 0.352 e. The minimum absolute atomic E-state index is 0.134. The number of amides is 1. The second kappa shape index (κ2) is 9.10. The molecule has 1 saturated carbocycles. The van der Waals surface area contributed by atoms with Crippen molar-refractivity contribution in [1.82, 2.24) is 15.0 Å². The zero-order valence-electron chi connectivity index (χ0n) is 17.6. The third-order valence-corrected chi connectivity index (χ3v) is 7.86. The Morgan fingerprint density at radius 1 is 1.24 bits per heavy atom. The molecule has 8 heteroatoms. The van der Waals surface area contributed by atoms with Crippen molar-refractivity contribution >= 4 is 37.5 Å². The minimum Gasteiger partial charge on any atom is -0.352 e. The second-order valence-corrected chi connectivity index (χ2v) is 11.6. The maximum Gasteiger partial charge on any atom is 0.241 e. The van der Waals surface area contributed by atoms with Gasteiger partial charge in [0.1, 0.15) is 6.04 Å². The number of rotatable bonds is 7. The van der Waals surface area contributed by atoms with Gasteiger partial charge in [-0.25, -0.2) is 13.4 Å². The zero-order valence-corrected chi connectivity index (χ0v) is 19.2. The Hall–Kier alpha value is -1.51. The summed E-state index contributed by atoms with van der Waals surface area (Å²) in [5.74, 6) is 0.654. The van der Waals surface area contributed by atoms with Crippen molar-refractivity contribution in [3.05, 3.63) is 23.2 Å². The van der Waals surface area contributed by atoms with Crippen LogP contribution in [0.1, 0.15) is 57.9 Å². The highest BCUT2D eigenvalue weighted by Gasteiger charge is 2.29. The number of nitrogens with zero attached hydrogens (tertiary/aromatic N) is 1. The smallest absolute Gasteiger partial charge is 0.241 e. The molecule has 0 saturated heterocycles. The van der Waals surface area contributed by atoms with Crippen LogP contribution in [0.25, 0.3) is 10.2 Å². The third kappa shape index (κ3) is 5.77. The summed E-state index contributed by atoms with van der Waals surface area (Å²) in [5.41, 5.74) is 0.787. The van der Waals surface area contributed by atoms with Gasteiger partial charge in [-0.2, -0.15) is 4.72 Å². The number of hydrogen-bond acceptors (Lipinski definition) is 5. The summed E-state index contributed by atoms with van der Waals surface area (Å²) in [6.45, 7) is 8.10. The van der Waals surface area contributed by atoms with Crippen LogP contribution in [0.2, 0.25) is 0 Å². The maximum atomic E-state index is 13.0. The number of hydrogen-bond donors (Lipinski definition) is 2. The van der Waals surface area contributed by atoms with Crippen molar-refractivity contribution < 1.29 is 13.2 Å². The van der Waals surface area contributed by atoms with Crippen LogP contribution in [0.4, 0.5) is 0 Å². The number of fused-ring (bicyclic) bond motifs is 1. The van der Waals surface area contributed by atoms with Crippen LogP contribution in [0, 0.1) is 18.8 Å². The van der Waals surface area contributed by atoms with E-state index in [2.05, 4.69) is 21.9 Å². The molecule has 1 amide bonds. The lowest BCUT2D eigenvalue weighted by atomic mass is 9.87. The van der Waals surface area contributed by atoms with E-state index < -0.39 is 16.1 Å². The van der Waals surface area contributed by atoms with Crippen LogP contribution >= 0.6 is 11.3 Å². The number of thiazole rings is 1. The fraction of sp³-hybridized carbons (Fsp3) is 0.619. The number of carbonyl (C=O) groups is 1. The molecule has 29 heavy (non-hydrogen) atoms. The van der Waals surface area contributed by atoms with Gasteiger partial charge < -0.3 is 5.32 Å². The van der Waals surface area contributed by atoms with E-state index in [1.807, 2.05) is 20.8 Å². The van der Waals surface area contributed by atoms with Gasteiger partial charge in [-0.05, 0) is 69.1 Å². The molecule has 2 aromatic rings. The molecule has 1 heterocycles. The van der Waals surface area contributed by atoms with Crippen molar-refractivity contribution in [2.75, 3.05) is 0 Å². The lowest BCUT2D eigenvalue weighted by molar-refractivity contribution is -0.124. The number of carbonyl (C=O) groups excluding carboxylic acids is 1. The lowest BCUT2D eigenvalue weighted by Gasteiger charge is -2.29. The van der Waals surface area contributed by atoms with Crippen LogP contribution in [0.5, 0.6) is 0 Å². The van der Waals surface area contributed by atoms with Gasteiger partial charge in [0, 0.05) is 6.04 Å². The van der Waals surface area contributed by atoms with Gasteiger partial charge in [-0.3, -0.25) is 4.79 Å². The highest BCUT2D eigenvalue weighted by Crippen LogP contribution is 2.26. The average molecular weight is 438 g/mol. The van der Waals surface area contributed by atoms with Crippen molar-refractivity contribution in [2.45, 2.75) is 76.8 Å². The maximum absolute atomic E-state index is 13.0. The van der Waals surface area contributed by atoms with Gasteiger partial charge in [0.05, 0.1) is 20.1 Å². The fourth-order valence-electron chi connectivity index (χ4n) is 3.83. The van der Waals surface area contributed by atoms with Crippen LogP contribution in [0.15, 0.2) is 23.1 Å². The van der Waals surface area contributed by atoms with E-state index in [0.29, 0.717) is 12.3 Å². The molecule has 1 aliphatic rings. The van der Waals surface area contributed by atoms with Crippen LogP contribution < -0.4 is 10.0 Å². The summed E-state index contributed by atoms with van der Waals surface area (Å²) in [5, 5.41) is 3.97. The predicted molar refractivity (Wildman–Crippen MR) is 117 cm³/mol. The third-order valence-electron chi connectivity index (χ3n) is 5.46. The first-order chi connectivity index (χ1) is 13.6. The Morgan fingerprint density at radius 3 is 2.59 bits per heavy atom. The van der Waals surface area contributed by atoms with E-state index >= 15 is 0 Å². The van der Waals surface area contributed by atoms with Crippen LogP contribution in [0.3, 0.4) is 0 Å². The molecule has 2 N–H and O–H groups in total. The topological polar surface area (TPSA) is 88.2 Å². The summed E-state index contributed by atoms with van der Waals surface area (Å²) >= 11 is 1.46. The number of aryl methyl sites for hydroxylation is 1. The summed E-state index contributed by atoms with van der Waals surface area (Å²) < 4.78 is 29.5. The number of benzene rings is 1. The first-order valence-electron chi connectivity index (χ1n) is 10.3. The van der Waals surface area contributed by atoms with E-state index in [1.54, 1.807) is 18.2 Å². The molecule has 0 aliphatic heterocycles. The number of nitrogens with one attached hydrogen (secondary N) is 2. The lowest BCUT2D eigenvalue weighted by Crippen LogP contribution is -2.50. The molecule has 1 fully saturated rings. The van der Waals surface area contributed by atoms with Gasteiger partial charge in [-0.15, -0.1) is 11.3 Å². The standard InChI is InChI=1S/C21H31N3O3S2/c1-13(2)11-19(21(25)23-16-7-5-14(3)6-8-16)24-29(26,27)17-9-10-18-20(12-17)28-15(4)22-18/h9-10,12-14,16,19,24H,5-8,11H2,1-4H3,(H,23,25)/t14?,16?,19-/m1/s1.